The van der Waals surface area contributed by atoms with Gasteiger partial charge in [0.15, 0.2) is 14.6 Å². The zero-order valence-electron chi connectivity index (χ0n) is 19.2. The van der Waals surface area contributed by atoms with Crippen molar-refractivity contribution in [1.82, 2.24) is 0 Å². The normalized spacial score (nSPS) is 36.3. The highest BCUT2D eigenvalue weighted by Crippen LogP contribution is 2.58. The second-order valence-electron chi connectivity index (χ2n) is 10.4. The lowest BCUT2D eigenvalue weighted by Gasteiger charge is -2.51. The molecule has 0 amide bonds. The smallest absolute Gasteiger partial charge is 0.306 e. The van der Waals surface area contributed by atoms with E-state index >= 15 is 0 Å². The van der Waals surface area contributed by atoms with Crippen molar-refractivity contribution in [1.29, 1.82) is 0 Å². The van der Waals surface area contributed by atoms with Crippen LogP contribution < -0.4 is 0 Å². The number of rotatable bonds is 7. The maximum atomic E-state index is 11.8. The van der Waals surface area contributed by atoms with Gasteiger partial charge in [-0.2, -0.15) is 0 Å². The highest BCUT2D eigenvalue weighted by Gasteiger charge is 2.60. The Morgan fingerprint density at radius 1 is 1.28 bits per heavy atom. The van der Waals surface area contributed by atoms with E-state index in [1.807, 2.05) is 0 Å². The van der Waals surface area contributed by atoms with E-state index < -0.39 is 8.32 Å². The monoisotopic (exact) mass is 424 g/mol. The molecule has 2 aliphatic carbocycles. The van der Waals surface area contributed by atoms with Crippen LogP contribution in [0.4, 0.5) is 0 Å². The quantitative estimate of drug-likeness (QED) is 0.319. The Kier molecular flexibility index (Phi) is 6.98. The van der Waals surface area contributed by atoms with Gasteiger partial charge in [-0.25, -0.2) is 0 Å². The summed E-state index contributed by atoms with van der Waals surface area (Å²) in [5.74, 6) is 0.0322. The zero-order chi connectivity index (χ0) is 21.3. The number of esters is 1. The van der Waals surface area contributed by atoms with Crippen molar-refractivity contribution in [3.63, 3.8) is 0 Å². The Bertz CT molecular complexity index is 621. The van der Waals surface area contributed by atoms with E-state index in [0.29, 0.717) is 6.42 Å². The van der Waals surface area contributed by atoms with Crippen LogP contribution in [0.5, 0.6) is 0 Å². The van der Waals surface area contributed by atoms with Gasteiger partial charge in [-0.05, 0) is 70.5 Å². The lowest BCUT2D eigenvalue weighted by atomic mass is 9.65. The fourth-order valence-corrected chi connectivity index (χ4v) is 6.91. The first-order valence-electron chi connectivity index (χ1n) is 11.3. The maximum Gasteiger partial charge on any atom is 0.306 e. The standard InChI is InChI=1S/C23H40O5Si/c1-17(15-20(24)25-3)18-10-12-22(2)19(27-21-9-7-8-14-26-21)11-13-23(22,16-18)28-29(4,5)6/h16-17,19,21H,7-15H2,1-6H3. The van der Waals surface area contributed by atoms with Gasteiger partial charge < -0.3 is 18.6 Å². The lowest BCUT2D eigenvalue weighted by molar-refractivity contribution is -0.216. The Morgan fingerprint density at radius 3 is 2.66 bits per heavy atom. The van der Waals surface area contributed by atoms with Crippen molar-refractivity contribution in [2.75, 3.05) is 13.7 Å². The summed E-state index contributed by atoms with van der Waals surface area (Å²) >= 11 is 0. The zero-order valence-corrected chi connectivity index (χ0v) is 20.2. The Balaban J connectivity index is 1.86. The van der Waals surface area contributed by atoms with Crippen LogP contribution >= 0.6 is 0 Å². The first kappa shape index (κ1) is 23.0. The summed E-state index contributed by atoms with van der Waals surface area (Å²) in [5.41, 5.74) is 0.956. The van der Waals surface area contributed by atoms with E-state index in [2.05, 4.69) is 39.6 Å². The SMILES string of the molecule is COC(=O)CC(C)C1=CC2(O[Si](C)(C)C)CCC(OC3CCCCO3)C2(C)CC1. The van der Waals surface area contributed by atoms with Crippen molar-refractivity contribution in [3.05, 3.63) is 11.6 Å². The molecule has 0 bridgehead atoms. The van der Waals surface area contributed by atoms with Gasteiger partial charge in [0.05, 0.1) is 25.2 Å². The van der Waals surface area contributed by atoms with Crippen molar-refractivity contribution >= 4 is 14.3 Å². The van der Waals surface area contributed by atoms with Crippen molar-refractivity contribution < 1.29 is 23.4 Å². The number of methoxy groups -OCH3 is 1. The summed E-state index contributed by atoms with van der Waals surface area (Å²) in [4.78, 5) is 11.8. The fourth-order valence-electron chi connectivity index (χ4n) is 5.42. The summed E-state index contributed by atoms with van der Waals surface area (Å²) < 4.78 is 24.3. The third-order valence-electron chi connectivity index (χ3n) is 7.08. The highest BCUT2D eigenvalue weighted by atomic mass is 28.4. The average Bonchev–Trinajstić information content (AvgIpc) is 2.92. The van der Waals surface area contributed by atoms with Crippen LogP contribution in [-0.2, 0) is 23.4 Å². The van der Waals surface area contributed by atoms with Gasteiger partial charge in [-0.1, -0.05) is 25.5 Å². The van der Waals surface area contributed by atoms with Gasteiger partial charge in [0.1, 0.15) is 0 Å². The molecule has 0 spiro atoms. The minimum atomic E-state index is -1.79. The molecular weight excluding hydrogens is 384 g/mol. The number of carbonyl (C=O) groups is 1. The third kappa shape index (κ3) is 4.97. The number of hydrogen-bond acceptors (Lipinski definition) is 5. The molecule has 1 saturated heterocycles. The minimum Gasteiger partial charge on any atom is -0.469 e. The Labute approximate surface area is 177 Å². The maximum absolute atomic E-state index is 11.8. The van der Waals surface area contributed by atoms with Crippen LogP contribution in [0, 0.1) is 11.3 Å². The molecule has 0 aromatic carbocycles. The van der Waals surface area contributed by atoms with E-state index in [1.165, 1.54) is 19.1 Å². The van der Waals surface area contributed by atoms with Crippen molar-refractivity contribution in [2.45, 2.75) is 103 Å². The van der Waals surface area contributed by atoms with Gasteiger partial charge in [0.25, 0.3) is 0 Å². The Hall–Kier alpha value is -0.693. The van der Waals surface area contributed by atoms with Crippen LogP contribution in [0.3, 0.4) is 0 Å². The van der Waals surface area contributed by atoms with Crippen molar-refractivity contribution in [3.8, 4) is 0 Å². The van der Waals surface area contributed by atoms with E-state index in [1.54, 1.807) is 0 Å². The second kappa shape index (κ2) is 8.81. The lowest BCUT2D eigenvalue weighted by Crippen LogP contribution is -2.55. The average molecular weight is 425 g/mol. The molecule has 166 valence electrons. The van der Waals surface area contributed by atoms with Crippen molar-refractivity contribution in [2.24, 2.45) is 11.3 Å². The van der Waals surface area contributed by atoms with E-state index in [4.69, 9.17) is 18.6 Å². The molecular formula is C23H40O5Si. The molecule has 0 radical (unpaired) electrons. The van der Waals surface area contributed by atoms with Gasteiger partial charge in [0.2, 0.25) is 0 Å². The molecule has 1 aliphatic heterocycles. The number of fused-ring (bicyclic) bond motifs is 1. The molecule has 0 aromatic rings. The predicted octanol–water partition coefficient (Wildman–Crippen LogP) is 5.21. The number of ether oxygens (including phenoxy) is 3. The molecule has 5 unspecified atom stereocenters. The summed E-state index contributed by atoms with van der Waals surface area (Å²) in [6, 6.07) is 0. The van der Waals surface area contributed by atoms with Gasteiger partial charge in [-0.3, -0.25) is 4.79 Å². The molecule has 1 saturated carbocycles. The summed E-state index contributed by atoms with van der Waals surface area (Å²) in [6.45, 7) is 12.1. The molecule has 0 aromatic heterocycles. The third-order valence-corrected chi connectivity index (χ3v) is 8.06. The number of allylic oxidation sites excluding steroid dienone is 1. The second-order valence-corrected chi connectivity index (χ2v) is 14.8. The number of carbonyl (C=O) groups excluding carboxylic acids is 1. The van der Waals surface area contributed by atoms with Crippen LogP contribution in [0.1, 0.15) is 65.2 Å². The first-order valence-corrected chi connectivity index (χ1v) is 14.7. The molecule has 29 heavy (non-hydrogen) atoms. The molecule has 1 heterocycles. The summed E-state index contributed by atoms with van der Waals surface area (Å²) in [5, 5.41) is 0. The summed E-state index contributed by atoms with van der Waals surface area (Å²) in [6.07, 6.45) is 10.2. The van der Waals surface area contributed by atoms with Crippen LogP contribution in [-0.4, -0.2) is 46.0 Å². The predicted molar refractivity (Wildman–Crippen MR) is 116 cm³/mol. The van der Waals surface area contributed by atoms with Gasteiger partial charge >= 0.3 is 5.97 Å². The van der Waals surface area contributed by atoms with Crippen LogP contribution in [0.15, 0.2) is 11.6 Å². The van der Waals surface area contributed by atoms with Gasteiger partial charge in [0, 0.05) is 12.0 Å². The van der Waals surface area contributed by atoms with E-state index in [0.717, 1.165) is 45.1 Å². The largest absolute Gasteiger partial charge is 0.469 e. The molecule has 6 heteroatoms. The number of hydrogen-bond donors (Lipinski definition) is 0. The molecule has 5 atom stereocenters. The topological polar surface area (TPSA) is 54.0 Å². The molecule has 3 rings (SSSR count). The molecule has 3 aliphatic rings. The molecule has 0 N–H and O–H groups in total. The van der Waals surface area contributed by atoms with Crippen LogP contribution in [0.25, 0.3) is 0 Å². The fraction of sp³-hybridized carbons (Fsp3) is 0.870. The summed E-state index contributed by atoms with van der Waals surface area (Å²) in [7, 11) is -0.333. The van der Waals surface area contributed by atoms with E-state index in [9.17, 15) is 4.79 Å². The van der Waals surface area contributed by atoms with Gasteiger partial charge in [-0.15, -0.1) is 0 Å². The minimum absolute atomic E-state index is 0.0669. The molecule has 5 nitrogen and oxygen atoms in total. The first-order chi connectivity index (χ1) is 13.6. The van der Waals surface area contributed by atoms with Crippen LogP contribution in [0.2, 0.25) is 19.6 Å². The van der Waals surface area contributed by atoms with E-state index in [-0.39, 0.29) is 35.3 Å². The highest BCUT2D eigenvalue weighted by molar-refractivity contribution is 6.69. The Morgan fingerprint density at radius 2 is 2.03 bits per heavy atom. The molecule has 2 fully saturated rings.